The number of nitrogens with zero attached hydrogens (tertiary/aromatic N) is 2. The first kappa shape index (κ1) is 26.9. The van der Waals surface area contributed by atoms with Crippen molar-refractivity contribution in [2.75, 3.05) is 37.7 Å². The fourth-order valence-corrected chi connectivity index (χ4v) is 5.55. The van der Waals surface area contributed by atoms with E-state index in [0.29, 0.717) is 6.61 Å². The van der Waals surface area contributed by atoms with Gasteiger partial charge in [0, 0.05) is 25.7 Å². The van der Waals surface area contributed by atoms with Crippen molar-refractivity contribution >= 4 is 17.4 Å². The lowest BCUT2D eigenvalue weighted by atomic mass is 9.68. The molecule has 0 atom stereocenters. The van der Waals surface area contributed by atoms with Gasteiger partial charge in [-0.3, -0.25) is 14.5 Å². The molecule has 0 radical (unpaired) electrons. The number of Topliss-reactive ketones (excluding diaryl/α,β-unsaturated/α-hetero) is 1. The van der Waals surface area contributed by atoms with Crippen molar-refractivity contribution in [3.63, 3.8) is 0 Å². The Morgan fingerprint density at radius 1 is 1.00 bits per heavy atom. The van der Waals surface area contributed by atoms with Gasteiger partial charge in [0.2, 0.25) is 5.91 Å². The number of carbonyl (C=O) groups is 2. The minimum absolute atomic E-state index is 0.0953. The smallest absolute Gasteiger partial charge is 0.223 e. The van der Waals surface area contributed by atoms with Crippen molar-refractivity contribution in [1.29, 1.82) is 0 Å². The molecule has 1 fully saturated rings. The number of piperidine rings is 1. The van der Waals surface area contributed by atoms with Gasteiger partial charge < -0.3 is 9.64 Å². The molecule has 0 aliphatic carbocycles. The zero-order chi connectivity index (χ0) is 25.4. The predicted octanol–water partition coefficient (Wildman–Crippen LogP) is 5.58. The number of hydrogen-bond acceptors (Lipinski definition) is 4. The summed E-state index contributed by atoms with van der Waals surface area (Å²) in [5, 5.41) is 0. The zero-order valence-electron chi connectivity index (χ0n) is 22.2. The number of ketones is 1. The highest BCUT2D eigenvalue weighted by atomic mass is 16.5. The van der Waals surface area contributed by atoms with Crippen molar-refractivity contribution < 1.29 is 14.3 Å². The summed E-state index contributed by atoms with van der Waals surface area (Å²) in [5.74, 6) is 1.25. The van der Waals surface area contributed by atoms with Crippen molar-refractivity contribution in [2.45, 2.75) is 72.1 Å². The van der Waals surface area contributed by atoms with Crippen molar-refractivity contribution in [2.24, 2.45) is 0 Å². The van der Waals surface area contributed by atoms with Gasteiger partial charge in [-0.1, -0.05) is 45.0 Å². The monoisotopic (exact) mass is 478 g/mol. The van der Waals surface area contributed by atoms with E-state index in [0.717, 1.165) is 69.7 Å². The minimum Gasteiger partial charge on any atom is -0.492 e. The predicted molar refractivity (Wildman–Crippen MR) is 143 cm³/mol. The Morgan fingerprint density at radius 3 is 2.37 bits per heavy atom. The number of hydrogen-bond donors (Lipinski definition) is 0. The number of aryl methyl sites for hydroxylation is 2. The van der Waals surface area contributed by atoms with E-state index in [4.69, 9.17) is 4.74 Å². The summed E-state index contributed by atoms with van der Waals surface area (Å²) >= 11 is 0. The summed E-state index contributed by atoms with van der Waals surface area (Å²) in [6.45, 7) is 13.6. The molecule has 1 amide bonds. The summed E-state index contributed by atoms with van der Waals surface area (Å²) < 4.78 is 6.08. The van der Waals surface area contributed by atoms with Gasteiger partial charge >= 0.3 is 0 Å². The van der Waals surface area contributed by atoms with Crippen molar-refractivity contribution in [1.82, 2.24) is 4.90 Å². The van der Waals surface area contributed by atoms with Crippen LogP contribution >= 0.6 is 0 Å². The van der Waals surface area contributed by atoms with Crippen LogP contribution in [0.15, 0.2) is 42.5 Å². The van der Waals surface area contributed by atoms with Crippen LogP contribution in [-0.2, 0) is 27.8 Å². The molecular weight excluding hydrogens is 436 g/mol. The summed E-state index contributed by atoms with van der Waals surface area (Å²) in [7, 11) is 0. The fraction of sp³-hybridized carbons (Fsp3) is 0.533. The molecule has 5 nitrogen and oxygen atoms in total. The number of rotatable bonds is 7. The van der Waals surface area contributed by atoms with Gasteiger partial charge in [0.25, 0.3) is 0 Å². The molecular formula is C30H42N2O3. The zero-order valence-corrected chi connectivity index (χ0v) is 22.2. The van der Waals surface area contributed by atoms with Gasteiger partial charge in [-0.25, -0.2) is 0 Å². The molecule has 5 heteroatoms. The molecule has 0 spiro atoms. The van der Waals surface area contributed by atoms with E-state index < -0.39 is 0 Å². The summed E-state index contributed by atoms with van der Waals surface area (Å²) in [6.07, 6.45) is 4.64. The molecule has 0 bridgehead atoms. The van der Waals surface area contributed by atoms with E-state index in [2.05, 4.69) is 42.2 Å². The molecule has 2 aromatic carbocycles. The fourth-order valence-electron chi connectivity index (χ4n) is 5.55. The molecule has 4 rings (SSSR count). The molecule has 0 N–H and O–H groups in total. The molecule has 190 valence electrons. The van der Waals surface area contributed by atoms with Crippen LogP contribution in [0.4, 0.5) is 5.69 Å². The molecule has 2 aliphatic rings. The third kappa shape index (κ3) is 5.95. The number of anilines is 1. The molecule has 2 aliphatic heterocycles. The van der Waals surface area contributed by atoms with Crippen LogP contribution in [0.5, 0.6) is 5.75 Å². The lowest BCUT2D eigenvalue weighted by molar-refractivity contribution is -0.124. The van der Waals surface area contributed by atoms with Crippen molar-refractivity contribution in [3.8, 4) is 5.75 Å². The largest absolute Gasteiger partial charge is 0.492 e. The molecule has 0 saturated carbocycles. The Labute approximate surface area is 211 Å². The maximum atomic E-state index is 12.8. The Morgan fingerprint density at radius 2 is 1.71 bits per heavy atom. The second kappa shape index (κ2) is 12.3. The van der Waals surface area contributed by atoms with Crippen LogP contribution in [0, 0.1) is 0 Å². The first-order chi connectivity index (χ1) is 16.9. The number of carbonyl (C=O) groups excluding carboxylic acids is 2. The van der Waals surface area contributed by atoms with Crippen LogP contribution in [0.3, 0.4) is 0 Å². The SMILES string of the molecule is CC.CCc1ccccc1C1(C(C)=O)CCN(CCOc2ccc3c(c2)CCCN3C(C)=O)CC1. The van der Waals surface area contributed by atoms with E-state index in [1.807, 2.05) is 30.9 Å². The van der Waals surface area contributed by atoms with Crippen LogP contribution in [0.25, 0.3) is 0 Å². The summed E-state index contributed by atoms with van der Waals surface area (Å²) in [4.78, 5) is 28.9. The summed E-state index contributed by atoms with van der Waals surface area (Å²) in [5.41, 5.74) is 4.37. The summed E-state index contributed by atoms with van der Waals surface area (Å²) in [6, 6.07) is 14.5. The molecule has 0 aromatic heterocycles. The van der Waals surface area contributed by atoms with Crippen LogP contribution in [0.2, 0.25) is 0 Å². The maximum absolute atomic E-state index is 12.8. The van der Waals surface area contributed by atoms with E-state index in [1.165, 1.54) is 16.7 Å². The maximum Gasteiger partial charge on any atom is 0.223 e. The van der Waals surface area contributed by atoms with Crippen LogP contribution in [0.1, 0.15) is 70.6 Å². The molecule has 2 heterocycles. The van der Waals surface area contributed by atoms with E-state index in [-0.39, 0.29) is 17.1 Å². The standard InChI is InChI=1S/C28H36N2O3.C2H6/c1-4-23-8-5-6-10-26(23)28(21(2)31)13-16-29(17-14-28)18-19-33-25-11-12-27-24(20-25)9-7-15-30(27)22(3)32;1-2/h5-6,8,10-12,20H,4,7,9,13-19H2,1-3H3;1-2H3. The Kier molecular flexibility index (Phi) is 9.50. The van der Waals surface area contributed by atoms with Gasteiger partial charge in [-0.05, 0) is 87.0 Å². The highest BCUT2D eigenvalue weighted by Crippen LogP contribution is 2.38. The lowest BCUT2D eigenvalue weighted by Gasteiger charge is -2.41. The Bertz CT molecular complexity index is 1010. The van der Waals surface area contributed by atoms with Crippen LogP contribution in [-0.4, -0.2) is 49.4 Å². The highest BCUT2D eigenvalue weighted by molar-refractivity contribution is 5.93. The Balaban J connectivity index is 0.00000167. The number of ether oxygens (including phenoxy) is 1. The highest BCUT2D eigenvalue weighted by Gasteiger charge is 2.41. The van der Waals surface area contributed by atoms with Crippen molar-refractivity contribution in [3.05, 3.63) is 59.2 Å². The minimum atomic E-state index is -0.356. The second-order valence-electron chi connectivity index (χ2n) is 9.40. The molecule has 0 unspecified atom stereocenters. The molecule has 2 aromatic rings. The van der Waals surface area contributed by atoms with Gasteiger partial charge in [-0.15, -0.1) is 0 Å². The molecule has 1 saturated heterocycles. The number of fused-ring (bicyclic) bond motifs is 1. The first-order valence-electron chi connectivity index (χ1n) is 13.3. The van der Waals surface area contributed by atoms with E-state index >= 15 is 0 Å². The topological polar surface area (TPSA) is 49.9 Å². The first-order valence-corrected chi connectivity index (χ1v) is 13.3. The van der Waals surface area contributed by atoms with Gasteiger partial charge in [-0.2, -0.15) is 0 Å². The number of likely N-dealkylation sites (tertiary alicyclic amines) is 1. The average molecular weight is 479 g/mol. The number of amides is 1. The van der Waals surface area contributed by atoms with Crippen LogP contribution < -0.4 is 9.64 Å². The number of benzene rings is 2. The lowest BCUT2D eigenvalue weighted by Crippen LogP contribution is -2.47. The van der Waals surface area contributed by atoms with E-state index in [1.54, 1.807) is 13.8 Å². The Hall–Kier alpha value is -2.66. The van der Waals surface area contributed by atoms with Gasteiger partial charge in [0.1, 0.15) is 18.1 Å². The van der Waals surface area contributed by atoms with Gasteiger partial charge in [0.05, 0.1) is 5.41 Å². The molecule has 35 heavy (non-hydrogen) atoms. The van der Waals surface area contributed by atoms with E-state index in [9.17, 15) is 9.59 Å². The third-order valence-electron chi connectivity index (χ3n) is 7.52. The second-order valence-corrected chi connectivity index (χ2v) is 9.40. The van der Waals surface area contributed by atoms with Gasteiger partial charge in [0.15, 0.2) is 0 Å². The third-order valence-corrected chi connectivity index (χ3v) is 7.52. The quantitative estimate of drug-likeness (QED) is 0.522. The average Bonchev–Trinajstić information content (AvgIpc) is 2.89. The normalized spacial score (nSPS) is 17.1.